The number of nitrogens with zero attached hydrogens (tertiary/aromatic N) is 3. The van der Waals surface area contributed by atoms with Crippen LogP contribution in [0, 0.1) is 13.8 Å². The lowest BCUT2D eigenvalue weighted by molar-refractivity contribution is -0.118. The molecule has 5 rings (SSSR count). The highest BCUT2D eigenvalue weighted by Gasteiger charge is 2.25. The zero-order chi connectivity index (χ0) is 28.3. The zero-order valence-corrected chi connectivity index (χ0v) is 24.0. The van der Waals surface area contributed by atoms with E-state index in [1.807, 2.05) is 52.2 Å². The summed E-state index contributed by atoms with van der Waals surface area (Å²) in [7, 11) is 0. The third kappa shape index (κ3) is 6.13. The first kappa shape index (κ1) is 27.7. The molecule has 0 aliphatic carbocycles. The molecule has 1 amide bonds. The van der Waals surface area contributed by atoms with E-state index in [0.717, 1.165) is 58.6 Å². The van der Waals surface area contributed by atoms with Gasteiger partial charge in [-0.1, -0.05) is 48.5 Å². The van der Waals surface area contributed by atoms with Gasteiger partial charge >= 0.3 is 0 Å². The van der Waals surface area contributed by atoms with Gasteiger partial charge in [-0.15, -0.1) is 0 Å². The van der Waals surface area contributed by atoms with E-state index in [2.05, 4.69) is 49.4 Å². The molecule has 6 heteroatoms. The number of aromatic nitrogens is 2. The molecule has 0 atom stereocenters. The molecular formula is C34H39N3O3. The third-order valence-electron chi connectivity index (χ3n) is 7.82. The molecule has 3 aromatic carbocycles. The molecule has 0 spiro atoms. The molecule has 0 unspecified atom stereocenters. The average molecular weight is 538 g/mol. The van der Waals surface area contributed by atoms with E-state index in [1.165, 1.54) is 11.1 Å². The van der Waals surface area contributed by atoms with Crippen LogP contribution in [0.15, 0.2) is 73.1 Å². The number of rotatable bonds is 9. The minimum absolute atomic E-state index is 0.144. The van der Waals surface area contributed by atoms with Gasteiger partial charge in [0.25, 0.3) is 0 Å². The lowest BCUT2D eigenvalue weighted by atomic mass is 9.93. The standard InChI is InChI=1S/C34H39N3O3/c1-24-10-5-16-32(25(24)2)40-19-9-17-33(38)37-18-8-14-30-29(13-7-15-31(30)37)27-21-35-36(23-27)22-26-11-6-12-28(20-26)34(3,4)39/h5-7,10-13,15-16,20-21,23,39H,8-9,14,17-19,22H2,1-4H3. The number of benzene rings is 3. The van der Waals surface area contributed by atoms with E-state index in [-0.39, 0.29) is 5.91 Å². The van der Waals surface area contributed by atoms with E-state index in [0.29, 0.717) is 26.0 Å². The van der Waals surface area contributed by atoms with Crippen LogP contribution >= 0.6 is 0 Å². The SMILES string of the molecule is Cc1cccc(OCCCC(=O)N2CCCc3c(-c4cnn(Cc5cccc(C(C)(C)O)c5)c4)cccc32)c1C. The monoisotopic (exact) mass is 537 g/mol. The number of hydrogen-bond acceptors (Lipinski definition) is 4. The summed E-state index contributed by atoms with van der Waals surface area (Å²) in [5.74, 6) is 1.04. The van der Waals surface area contributed by atoms with Crippen LogP contribution in [0.1, 0.15) is 60.9 Å². The van der Waals surface area contributed by atoms with Crippen molar-refractivity contribution in [3.05, 3.63) is 101 Å². The molecule has 0 radical (unpaired) electrons. The summed E-state index contributed by atoms with van der Waals surface area (Å²) in [5.41, 5.74) is 7.84. The van der Waals surface area contributed by atoms with Crippen molar-refractivity contribution in [2.45, 2.75) is 65.5 Å². The van der Waals surface area contributed by atoms with E-state index >= 15 is 0 Å². The fraction of sp³-hybridized carbons (Fsp3) is 0.353. The van der Waals surface area contributed by atoms with Gasteiger partial charge < -0.3 is 14.7 Å². The van der Waals surface area contributed by atoms with E-state index in [9.17, 15) is 9.90 Å². The maximum Gasteiger partial charge on any atom is 0.227 e. The molecule has 0 fully saturated rings. The second-order valence-corrected chi connectivity index (χ2v) is 11.3. The van der Waals surface area contributed by atoms with Crippen LogP contribution in [-0.2, 0) is 23.4 Å². The predicted molar refractivity (Wildman–Crippen MR) is 160 cm³/mol. The van der Waals surface area contributed by atoms with Crippen LogP contribution in [0.25, 0.3) is 11.1 Å². The Morgan fingerprint density at radius 2 is 1.88 bits per heavy atom. The smallest absolute Gasteiger partial charge is 0.227 e. The lowest BCUT2D eigenvalue weighted by Crippen LogP contribution is -2.35. The van der Waals surface area contributed by atoms with Crippen molar-refractivity contribution in [3.8, 4) is 16.9 Å². The second kappa shape index (κ2) is 11.7. The topological polar surface area (TPSA) is 67.6 Å². The number of ether oxygens (including phenoxy) is 1. The molecule has 40 heavy (non-hydrogen) atoms. The van der Waals surface area contributed by atoms with Crippen LogP contribution in [0.3, 0.4) is 0 Å². The van der Waals surface area contributed by atoms with Gasteiger partial charge in [0.15, 0.2) is 0 Å². The van der Waals surface area contributed by atoms with Gasteiger partial charge in [0.2, 0.25) is 5.91 Å². The van der Waals surface area contributed by atoms with Crippen molar-refractivity contribution >= 4 is 11.6 Å². The van der Waals surface area contributed by atoms with Crippen molar-refractivity contribution in [2.75, 3.05) is 18.1 Å². The highest BCUT2D eigenvalue weighted by Crippen LogP contribution is 2.36. The fourth-order valence-electron chi connectivity index (χ4n) is 5.40. The lowest BCUT2D eigenvalue weighted by Gasteiger charge is -2.31. The molecule has 6 nitrogen and oxygen atoms in total. The van der Waals surface area contributed by atoms with Gasteiger partial charge in [-0.2, -0.15) is 5.10 Å². The van der Waals surface area contributed by atoms with Crippen LogP contribution in [0.2, 0.25) is 0 Å². The molecule has 4 aromatic rings. The van der Waals surface area contributed by atoms with Gasteiger partial charge in [-0.05, 0) is 92.5 Å². The van der Waals surface area contributed by atoms with Crippen molar-refractivity contribution in [3.63, 3.8) is 0 Å². The number of aryl methyl sites for hydroxylation is 1. The first-order chi connectivity index (χ1) is 19.2. The van der Waals surface area contributed by atoms with Crippen molar-refractivity contribution in [1.82, 2.24) is 9.78 Å². The minimum atomic E-state index is -0.884. The largest absolute Gasteiger partial charge is 0.493 e. The van der Waals surface area contributed by atoms with Crippen molar-refractivity contribution in [2.24, 2.45) is 0 Å². The third-order valence-corrected chi connectivity index (χ3v) is 7.82. The number of hydrogen-bond donors (Lipinski definition) is 1. The zero-order valence-electron chi connectivity index (χ0n) is 24.0. The summed E-state index contributed by atoms with van der Waals surface area (Å²) in [4.78, 5) is 15.2. The maximum atomic E-state index is 13.3. The van der Waals surface area contributed by atoms with Crippen molar-refractivity contribution in [1.29, 1.82) is 0 Å². The summed E-state index contributed by atoms with van der Waals surface area (Å²) in [5, 5.41) is 15.0. The Morgan fingerprint density at radius 1 is 1.07 bits per heavy atom. The van der Waals surface area contributed by atoms with Crippen LogP contribution in [-0.4, -0.2) is 33.9 Å². The maximum absolute atomic E-state index is 13.3. The van der Waals surface area contributed by atoms with Gasteiger partial charge in [0.05, 0.1) is 24.9 Å². The van der Waals surface area contributed by atoms with Crippen LogP contribution in [0.4, 0.5) is 5.69 Å². The Bertz CT molecular complexity index is 1500. The van der Waals surface area contributed by atoms with Gasteiger partial charge in [-0.3, -0.25) is 9.48 Å². The Labute approximate surface area is 237 Å². The summed E-state index contributed by atoms with van der Waals surface area (Å²) in [6, 6.07) is 20.3. The van der Waals surface area contributed by atoms with Gasteiger partial charge in [0, 0.05) is 30.4 Å². The molecule has 0 saturated carbocycles. The Hall–Kier alpha value is -3.90. The quantitative estimate of drug-likeness (QED) is 0.245. The Kier molecular flexibility index (Phi) is 8.08. The Morgan fingerprint density at radius 3 is 2.70 bits per heavy atom. The normalized spacial score (nSPS) is 13.3. The Balaban J connectivity index is 1.26. The molecule has 208 valence electrons. The first-order valence-corrected chi connectivity index (χ1v) is 14.2. The molecular weight excluding hydrogens is 498 g/mol. The molecule has 1 aromatic heterocycles. The molecule has 0 saturated heterocycles. The number of carbonyl (C=O) groups is 1. The molecule has 2 heterocycles. The van der Waals surface area contributed by atoms with E-state index in [4.69, 9.17) is 4.74 Å². The van der Waals surface area contributed by atoms with E-state index < -0.39 is 5.60 Å². The molecule has 1 aliphatic rings. The summed E-state index contributed by atoms with van der Waals surface area (Å²) in [6.07, 6.45) is 6.98. The van der Waals surface area contributed by atoms with E-state index in [1.54, 1.807) is 13.8 Å². The average Bonchev–Trinajstić information content (AvgIpc) is 3.40. The molecule has 1 aliphatic heterocycles. The highest BCUT2D eigenvalue weighted by molar-refractivity contribution is 5.96. The van der Waals surface area contributed by atoms with Gasteiger partial charge in [-0.25, -0.2) is 0 Å². The predicted octanol–water partition coefficient (Wildman–Crippen LogP) is 6.58. The number of amides is 1. The molecule has 1 N–H and O–H groups in total. The number of carbonyl (C=O) groups excluding carboxylic acids is 1. The summed E-state index contributed by atoms with van der Waals surface area (Å²) < 4.78 is 7.91. The van der Waals surface area contributed by atoms with Crippen LogP contribution in [0.5, 0.6) is 5.75 Å². The molecule has 0 bridgehead atoms. The second-order valence-electron chi connectivity index (χ2n) is 11.3. The number of aliphatic hydroxyl groups is 1. The van der Waals surface area contributed by atoms with Crippen LogP contribution < -0.4 is 9.64 Å². The summed E-state index contributed by atoms with van der Waals surface area (Å²) in [6.45, 7) is 9.62. The highest BCUT2D eigenvalue weighted by atomic mass is 16.5. The first-order valence-electron chi connectivity index (χ1n) is 14.2. The van der Waals surface area contributed by atoms with Gasteiger partial charge in [0.1, 0.15) is 5.75 Å². The number of anilines is 1. The minimum Gasteiger partial charge on any atom is -0.493 e. The fourth-order valence-corrected chi connectivity index (χ4v) is 5.40. The summed E-state index contributed by atoms with van der Waals surface area (Å²) >= 11 is 0. The van der Waals surface area contributed by atoms with Crippen molar-refractivity contribution < 1.29 is 14.6 Å². The number of fused-ring (bicyclic) bond motifs is 1.